The van der Waals surface area contributed by atoms with Crippen molar-refractivity contribution in [2.45, 2.75) is 25.2 Å². The summed E-state index contributed by atoms with van der Waals surface area (Å²) in [6, 6.07) is 22.8. The van der Waals surface area contributed by atoms with Crippen molar-refractivity contribution in [2.75, 3.05) is 26.7 Å². The van der Waals surface area contributed by atoms with Gasteiger partial charge in [-0.25, -0.2) is 9.80 Å². The maximum Gasteiger partial charge on any atom is 0.332 e. The molecule has 0 aliphatic carbocycles. The summed E-state index contributed by atoms with van der Waals surface area (Å²) in [5.41, 5.74) is 1.99. The lowest BCUT2D eigenvalue weighted by Crippen LogP contribution is -2.65. The summed E-state index contributed by atoms with van der Waals surface area (Å²) >= 11 is 0. The molecule has 0 saturated carbocycles. The average molecular weight is 496 g/mol. The highest BCUT2D eigenvalue weighted by Gasteiger charge is 2.52. The minimum Gasteiger partial charge on any atom is -0.340 e. The molecule has 8 heteroatoms. The molecule has 0 unspecified atom stereocenters. The number of nitrogens with zero attached hydrogens (tertiary/aromatic N) is 4. The van der Waals surface area contributed by atoms with E-state index in [0.29, 0.717) is 13.0 Å². The molecule has 2 saturated heterocycles. The van der Waals surface area contributed by atoms with Gasteiger partial charge in [-0.3, -0.25) is 9.59 Å². The van der Waals surface area contributed by atoms with Gasteiger partial charge in [-0.1, -0.05) is 78.7 Å². The Morgan fingerprint density at radius 3 is 2.54 bits per heavy atom. The van der Waals surface area contributed by atoms with Crippen molar-refractivity contribution >= 4 is 28.6 Å². The highest BCUT2D eigenvalue weighted by Crippen LogP contribution is 2.31. The summed E-state index contributed by atoms with van der Waals surface area (Å²) in [5, 5.41) is 7.87. The summed E-state index contributed by atoms with van der Waals surface area (Å²) in [6.45, 7) is 0.641. The van der Waals surface area contributed by atoms with E-state index >= 15 is 0 Å². The molecule has 2 aliphatic rings. The molecule has 0 radical (unpaired) electrons. The second-order valence-corrected chi connectivity index (χ2v) is 9.26. The predicted octanol–water partition coefficient (Wildman–Crippen LogP) is 2.45. The number of terminal acetylenes is 1. The molecule has 3 aromatic carbocycles. The lowest BCUT2D eigenvalue weighted by molar-refractivity contribution is -0.157. The number of fused-ring (bicyclic) bond motifs is 2. The van der Waals surface area contributed by atoms with Gasteiger partial charge in [0.2, 0.25) is 11.8 Å². The normalized spacial score (nSPS) is 19.6. The van der Waals surface area contributed by atoms with Crippen LogP contribution < -0.4 is 5.32 Å². The third-order valence-electron chi connectivity index (χ3n) is 7.08. The van der Waals surface area contributed by atoms with Crippen LogP contribution in [-0.4, -0.2) is 76.6 Å². The molecule has 0 bridgehead atoms. The fraction of sp³-hybridized carbons (Fsp3) is 0.276. The Hall–Kier alpha value is -4.35. The molecule has 1 N–H and O–H groups in total. The third kappa shape index (κ3) is 4.61. The lowest BCUT2D eigenvalue weighted by Gasteiger charge is -2.46. The topological polar surface area (TPSA) is 76.2 Å². The van der Waals surface area contributed by atoms with Gasteiger partial charge in [-0.05, 0) is 21.9 Å². The van der Waals surface area contributed by atoms with E-state index in [9.17, 15) is 14.4 Å². The van der Waals surface area contributed by atoms with Gasteiger partial charge in [-0.2, -0.15) is 5.01 Å². The Bertz CT molecular complexity index is 1360. The summed E-state index contributed by atoms with van der Waals surface area (Å²) in [5.74, 6) is 2.21. The number of rotatable bonds is 6. The van der Waals surface area contributed by atoms with Crippen LogP contribution in [0.3, 0.4) is 0 Å². The molecule has 3 aromatic rings. The maximum absolute atomic E-state index is 13.9. The van der Waals surface area contributed by atoms with Crippen LogP contribution >= 0.6 is 0 Å². The smallest absolute Gasteiger partial charge is 0.332 e. The fourth-order valence-electron chi connectivity index (χ4n) is 5.36. The standard InChI is InChI=1S/C29H29N5O3/c1-3-16-32(29(37)30-2)33-20-27(35)34-25(17-21-10-5-4-6-11-21)28(36)31(19-26(33)34)18-23-14-9-13-22-12-7-8-15-24(22)23/h1,4-15,25-26H,16-20H2,2H3,(H,30,37)/t25-,26+/m0/s1. The average Bonchev–Trinajstić information content (AvgIpc) is 3.25. The number of urea groups is 1. The SMILES string of the molecule is C#CCN(C(=O)NC)N1CC(=O)N2[C@@H](Cc3ccccc3)C(=O)N(Cc3cccc4ccccc34)C[C@@H]21. The zero-order chi connectivity index (χ0) is 25.9. The van der Waals surface area contributed by atoms with Crippen molar-refractivity contribution in [1.82, 2.24) is 25.1 Å². The van der Waals surface area contributed by atoms with Crippen molar-refractivity contribution in [1.29, 1.82) is 0 Å². The number of carbonyl (C=O) groups is 3. The molecular weight excluding hydrogens is 466 g/mol. The van der Waals surface area contributed by atoms with E-state index in [1.54, 1.807) is 14.8 Å². The molecule has 2 fully saturated rings. The molecule has 2 heterocycles. The van der Waals surface area contributed by atoms with Crippen molar-refractivity contribution in [2.24, 2.45) is 0 Å². The highest BCUT2D eigenvalue weighted by molar-refractivity contribution is 5.92. The molecule has 2 atom stereocenters. The molecule has 4 amide bonds. The molecular formula is C29H29N5O3. The second kappa shape index (κ2) is 10.3. The summed E-state index contributed by atoms with van der Waals surface area (Å²) in [7, 11) is 1.52. The van der Waals surface area contributed by atoms with Crippen LogP contribution in [0.25, 0.3) is 10.8 Å². The first-order valence-corrected chi connectivity index (χ1v) is 12.3. The van der Waals surface area contributed by atoms with E-state index in [1.165, 1.54) is 12.1 Å². The van der Waals surface area contributed by atoms with Gasteiger partial charge < -0.3 is 15.1 Å². The molecule has 0 spiro atoms. The Morgan fingerprint density at radius 1 is 1.05 bits per heavy atom. The first-order valence-electron chi connectivity index (χ1n) is 12.3. The van der Waals surface area contributed by atoms with E-state index in [-0.39, 0.29) is 31.4 Å². The van der Waals surface area contributed by atoms with Gasteiger partial charge in [-0.15, -0.1) is 6.42 Å². The first kappa shape index (κ1) is 24.3. The number of hydrazine groups is 1. The number of nitrogens with one attached hydrogen (secondary N) is 1. The van der Waals surface area contributed by atoms with Crippen LogP contribution in [0, 0.1) is 12.3 Å². The third-order valence-corrected chi connectivity index (χ3v) is 7.08. The summed E-state index contributed by atoms with van der Waals surface area (Å²) in [6.07, 6.45) is 5.44. The van der Waals surface area contributed by atoms with Gasteiger partial charge in [0.05, 0.1) is 19.6 Å². The van der Waals surface area contributed by atoms with Crippen molar-refractivity contribution in [3.63, 3.8) is 0 Å². The van der Waals surface area contributed by atoms with Gasteiger partial charge in [0.15, 0.2) is 0 Å². The Morgan fingerprint density at radius 2 is 1.78 bits per heavy atom. The van der Waals surface area contributed by atoms with Crippen LogP contribution in [-0.2, 0) is 22.6 Å². The first-order chi connectivity index (χ1) is 18.0. The zero-order valence-electron chi connectivity index (χ0n) is 20.7. The second-order valence-electron chi connectivity index (χ2n) is 9.26. The number of benzene rings is 3. The number of piperazine rings is 1. The Labute approximate surface area is 216 Å². The van der Waals surface area contributed by atoms with E-state index in [0.717, 1.165) is 21.9 Å². The van der Waals surface area contributed by atoms with E-state index in [1.807, 2.05) is 54.6 Å². The van der Waals surface area contributed by atoms with Crippen LogP contribution in [0.1, 0.15) is 11.1 Å². The molecule has 37 heavy (non-hydrogen) atoms. The van der Waals surface area contributed by atoms with Gasteiger partial charge in [0.25, 0.3) is 0 Å². The Kier molecular flexibility index (Phi) is 6.80. The van der Waals surface area contributed by atoms with Gasteiger partial charge >= 0.3 is 6.03 Å². The summed E-state index contributed by atoms with van der Waals surface area (Å²) in [4.78, 5) is 43.4. The monoisotopic (exact) mass is 495 g/mol. The van der Waals surface area contributed by atoms with Gasteiger partial charge in [0.1, 0.15) is 12.2 Å². The van der Waals surface area contributed by atoms with Crippen LogP contribution in [0.5, 0.6) is 0 Å². The quantitative estimate of drug-likeness (QED) is 0.533. The molecule has 2 aliphatic heterocycles. The maximum atomic E-state index is 13.9. The molecule has 0 aromatic heterocycles. The van der Waals surface area contributed by atoms with E-state index < -0.39 is 18.2 Å². The predicted molar refractivity (Wildman–Crippen MR) is 141 cm³/mol. The van der Waals surface area contributed by atoms with Crippen LogP contribution in [0.15, 0.2) is 72.8 Å². The van der Waals surface area contributed by atoms with Crippen LogP contribution in [0.2, 0.25) is 0 Å². The Balaban J connectivity index is 1.52. The van der Waals surface area contributed by atoms with Gasteiger partial charge in [0, 0.05) is 20.0 Å². The largest absolute Gasteiger partial charge is 0.340 e. The molecule has 8 nitrogen and oxygen atoms in total. The zero-order valence-corrected chi connectivity index (χ0v) is 20.7. The van der Waals surface area contributed by atoms with Crippen molar-refractivity contribution in [3.8, 4) is 12.3 Å². The lowest BCUT2D eigenvalue weighted by atomic mass is 9.99. The fourth-order valence-corrected chi connectivity index (χ4v) is 5.36. The van der Waals surface area contributed by atoms with Crippen LogP contribution in [0.4, 0.5) is 4.79 Å². The molecule has 188 valence electrons. The number of carbonyl (C=O) groups excluding carboxylic acids is 3. The number of amides is 4. The van der Waals surface area contributed by atoms with E-state index in [2.05, 4.69) is 29.4 Å². The minimum absolute atomic E-state index is 0.0118. The minimum atomic E-state index is -0.689. The van der Waals surface area contributed by atoms with Crippen molar-refractivity contribution < 1.29 is 14.4 Å². The van der Waals surface area contributed by atoms with Crippen molar-refractivity contribution in [3.05, 3.63) is 83.9 Å². The summed E-state index contributed by atoms with van der Waals surface area (Å²) < 4.78 is 0. The van der Waals surface area contributed by atoms with E-state index in [4.69, 9.17) is 6.42 Å². The molecule has 5 rings (SSSR count). The number of hydrogen-bond donors (Lipinski definition) is 1. The number of hydrogen-bond acceptors (Lipinski definition) is 4. The highest BCUT2D eigenvalue weighted by atomic mass is 16.2.